The molecule has 1 aliphatic carbocycles. The van der Waals surface area contributed by atoms with Crippen LogP contribution in [0.15, 0.2) is 43.0 Å². The zero-order valence-corrected chi connectivity index (χ0v) is 19.8. The van der Waals surface area contributed by atoms with E-state index in [1.165, 1.54) is 6.33 Å². The van der Waals surface area contributed by atoms with Crippen LogP contribution in [-0.2, 0) is 25.7 Å². The van der Waals surface area contributed by atoms with Gasteiger partial charge in [-0.15, -0.1) is 0 Å². The summed E-state index contributed by atoms with van der Waals surface area (Å²) < 4.78 is 13.2. The number of anilines is 1. The van der Waals surface area contributed by atoms with Crippen LogP contribution >= 0.6 is 0 Å². The Morgan fingerprint density at radius 1 is 1.17 bits per heavy atom. The Hall–Kier alpha value is -3.53. The zero-order valence-electron chi connectivity index (χ0n) is 19.8. The van der Waals surface area contributed by atoms with Crippen LogP contribution in [0, 0.1) is 0 Å². The summed E-state index contributed by atoms with van der Waals surface area (Å²) in [6.07, 6.45) is 8.19. The summed E-state index contributed by atoms with van der Waals surface area (Å²) in [6.45, 7) is 2.59. The maximum atomic E-state index is 12.9. The summed E-state index contributed by atoms with van der Waals surface area (Å²) in [5.41, 5.74) is 2.24. The molecule has 3 heterocycles. The van der Waals surface area contributed by atoms with E-state index in [0.717, 1.165) is 44.3 Å². The maximum absolute atomic E-state index is 12.9. The number of ether oxygens (including phenoxy) is 2. The van der Waals surface area contributed by atoms with Crippen molar-refractivity contribution in [2.45, 2.75) is 63.9 Å². The number of esters is 1. The van der Waals surface area contributed by atoms with Crippen molar-refractivity contribution in [3.8, 4) is 0 Å². The third kappa shape index (κ3) is 5.43. The number of hydrogen-bond donors (Lipinski definition) is 1. The Morgan fingerprint density at radius 3 is 2.74 bits per heavy atom. The average Bonchev–Trinajstić information content (AvgIpc) is 3.64. The average molecular weight is 479 g/mol. The lowest BCUT2D eigenvalue weighted by Crippen LogP contribution is -2.45. The molecule has 1 aliphatic heterocycles. The number of amides is 1. The largest absolute Gasteiger partial charge is 0.459 e. The minimum absolute atomic E-state index is 0.0693. The van der Waals surface area contributed by atoms with Gasteiger partial charge < -0.3 is 19.7 Å². The number of hydrogen-bond acceptors (Lipinski definition) is 8. The second-order valence-electron chi connectivity index (χ2n) is 9.08. The summed E-state index contributed by atoms with van der Waals surface area (Å²) in [6, 6.07) is 8.88. The van der Waals surface area contributed by atoms with Gasteiger partial charge in [-0.3, -0.25) is 9.36 Å². The number of carbonyl (C=O) groups excluding carboxylic acids is 2. The normalized spacial score (nSPS) is 18.7. The van der Waals surface area contributed by atoms with Gasteiger partial charge in [0.15, 0.2) is 17.0 Å². The van der Waals surface area contributed by atoms with Crippen LogP contribution in [0.5, 0.6) is 0 Å². The lowest BCUT2D eigenvalue weighted by atomic mass is 10.2. The van der Waals surface area contributed by atoms with Crippen molar-refractivity contribution in [3.63, 3.8) is 0 Å². The maximum Gasteiger partial charge on any atom is 0.328 e. The number of benzene rings is 1. The number of aromatic nitrogens is 4. The lowest BCUT2D eigenvalue weighted by molar-refractivity contribution is -0.148. The summed E-state index contributed by atoms with van der Waals surface area (Å²) in [5, 5.41) is 2.76. The van der Waals surface area contributed by atoms with E-state index >= 15 is 0 Å². The van der Waals surface area contributed by atoms with Crippen molar-refractivity contribution in [3.05, 3.63) is 48.5 Å². The van der Waals surface area contributed by atoms with Gasteiger partial charge in [0, 0.05) is 12.6 Å². The number of imidazole rings is 1. The van der Waals surface area contributed by atoms with Gasteiger partial charge in [0.2, 0.25) is 5.91 Å². The van der Waals surface area contributed by atoms with E-state index in [9.17, 15) is 9.59 Å². The van der Waals surface area contributed by atoms with E-state index in [4.69, 9.17) is 9.47 Å². The van der Waals surface area contributed by atoms with E-state index in [0.29, 0.717) is 17.0 Å². The van der Waals surface area contributed by atoms with E-state index in [-0.39, 0.29) is 31.3 Å². The first-order valence-electron chi connectivity index (χ1n) is 12.2. The molecular formula is C25H30N6O4. The molecule has 2 aliphatic rings. The number of carbonyl (C=O) groups is 2. The predicted molar refractivity (Wildman–Crippen MR) is 128 cm³/mol. The molecule has 10 nitrogen and oxygen atoms in total. The second-order valence-corrected chi connectivity index (χ2v) is 9.08. The SMILES string of the molecule is C[C@H](NC(=O)CN(c1ncnc2c1ncn2C1CCCCO1)C1CC1)C(=O)OCc1ccccc1. The highest BCUT2D eigenvalue weighted by atomic mass is 16.5. The molecule has 5 rings (SSSR count). The fourth-order valence-corrected chi connectivity index (χ4v) is 4.32. The first-order chi connectivity index (χ1) is 17.1. The molecule has 1 unspecified atom stereocenters. The van der Waals surface area contributed by atoms with Crippen LogP contribution in [-0.4, -0.2) is 56.6 Å². The predicted octanol–water partition coefficient (Wildman–Crippen LogP) is 2.74. The topological polar surface area (TPSA) is 111 Å². The molecule has 1 aromatic carbocycles. The van der Waals surface area contributed by atoms with Crippen LogP contribution in [0.3, 0.4) is 0 Å². The monoisotopic (exact) mass is 478 g/mol. The molecule has 0 radical (unpaired) electrons. The molecule has 35 heavy (non-hydrogen) atoms. The van der Waals surface area contributed by atoms with Crippen molar-refractivity contribution in [1.82, 2.24) is 24.8 Å². The molecule has 10 heteroatoms. The molecule has 1 saturated carbocycles. The van der Waals surface area contributed by atoms with Crippen LogP contribution in [0.25, 0.3) is 11.2 Å². The van der Waals surface area contributed by atoms with Crippen molar-refractivity contribution >= 4 is 28.9 Å². The molecule has 1 amide bonds. The standard InChI is InChI=1S/C25H30N6O4/c1-17(25(33)35-14-18-7-3-2-4-8-18)29-20(32)13-30(19-10-11-19)23-22-24(27-15-26-23)31(16-28-22)21-9-5-6-12-34-21/h2-4,7-8,15-17,19,21H,5-6,9-14H2,1H3,(H,29,32)/t17-,21?/m0/s1. The molecule has 0 spiro atoms. The van der Waals surface area contributed by atoms with E-state index < -0.39 is 12.0 Å². The van der Waals surface area contributed by atoms with Crippen molar-refractivity contribution in [1.29, 1.82) is 0 Å². The molecule has 184 valence electrons. The van der Waals surface area contributed by atoms with Gasteiger partial charge in [-0.1, -0.05) is 30.3 Å². The van der Waals surface area contributed by atoms with Crippen molar-refractivity contribution < 1.29 is 19.1 Å². The fourth-order valence-electron chi connectivity index (χ4n) is 4.32. The minimum atomic E-state index is -0.764. The van der Waals surface area contributed by atoms with Gasteiger partial charge >= 0.3 is 5.97 Å². The van der Waals surface area contributed by atoms with Crippen LogP contribution in [0.1, 0.15) is 50.8 Å². The van der Waals surface area contributed by atoms with E-state index in [2.05, 4.69) is 20.3 Å². The highest BCUT2D eigenvalue weighted by Gasteiger charge is 2.34. The number of nitrogens with one attached hydrogen (secondary N) is 1. The molecule has 1 N–H and O–H groups in total. The van der Waals surface area contributed by atoms with E-state index in [1.807, 2.05) is 39.8 Å². The molecule has 2 atom stereocenters. The Balaban J connectivity index is 1.25. The summed E-state index contributed by atoms with van der Waals surface area (Å²) in [4.78, 5) is 40.8. The quantitative estimate of drug-likeness (QED) is 0.468. The smallest absolute Gasteiger partial charge is 0.328 e. The van der Waals surface area contributed by atoms with Gasteiger partial charge in [-0.2, -0.15) is 0 Å². The van der Waals surface area contributed by atoms with Gasteiger partial charge in [0.05, 0.1) is 12.9 Å². The molecule has 2 fully saturated rings. The summed E-state index contributed by atoms with van der Waals surface area (Å²) >= 11 is 0. The highest BCUT2D eigenvalue weighted by Crippen LogP contribution is 2.34. The Kier molecular flexibility index (Phi) is 6.89. The van der Waals surface area contributed by atoms with E-state index in [1.54, 1.807) is 13.3 Å². The highest BCUT2D eigenvalue weighted by molar-refractivity contribution is 5.90. The minimum Gasteiger partial charge on any atom is -0.459 e. The molecule has 1 saturated heterocycles. The Bertz CT molecular complexity index is 1170. The number of rotatable bonds is 9. The third-order valence-electron chi connectivity index (χ3n) is 6.33. The van der Waals surface area contributed by atoms with Crippen LogP contribution in [0.2, 0.25) is 0 Å². The first-order valence-corrected chi connectivity index (χ1v) is 12.2. The zero-order chi connectivity index (χ0) is 24.2. The molecule has 2 aromatic heterocycles. The fraction of sp³-hybridized carbons (Fsp3) is 0.480. The Morgan fingerprint density at radius 2 is 2.00 bits per heavy atom. The number of fused-ring (bicyclic) bond motifs is 1. The third-order valence-corrected chi connectivity index (χ3v) is 6.33. The second kappa shape index (κ2) is 10.4. The van der Waals surface area contributed by atoms with Gasteiger partial charge in [-0.25, -0.2) is 19.7 Å². The summed E-state index contributed by atoms with van der Waals surface area (Å²) in [7, 11) is 0. The molecule has 0 bridgehead atoms. The van der Waals surface area contributed by atoms with Crippen molar-refractivity contribution in [2.75, 3.05) is 18.1 Å². The lowest BCUT2D eigenvalue weighted by Gasteiger charge is -2.25. The van der Waals surface area contributed by atoms with Crippen molar-refractivity contribution in [2.24, 2.45) is 0 Å². The van der Waals surface area contributed by atoms with Crippen LogP contribution < -0.4 is 10.2 Å². The number of nitrogens with zero attached hydrogens (tertiary/aromatic N) is 5. The summed E-state index contributed by atoms with van der Waals surface area (Å²) in [5.74, 6) is -0.125. The van der Waals surface area contributed by atoms with Crippen LogP contribution in [0.4, 0.5) is 5.82 Å². The van der Waals surface area contributed by atoms with Gasteiger partial charge in [0.1, 0.15) is 25.2 Å². The molecule has 3 aromatic rings. The van der Waals surface area contributed by atoms with Gasteiger partial charge in [0.25, 0.3) is 0 Å². The van der Waals surface area contributed by atoms with Gasteiger partial charge in [-0.05, 0) is 44.6 Å². The Labute approximate surface area is 203 Å². The first kappa shape index (κ1) is 23.2. The molecular weight excluding hydrogens is 448 g/mol.